The Morgan fingerprint density at radius 2 is 1.92 bits per heavy atom. The van der Waals surface area contributed by atoms with E-state index in [1.807, 2.05) is 17.5 Å². The normalized spacial score (nSPS) is 29.0. The molecule has 2 fully saturated rings. The second kappa shape index (κ2) is 6.54. The zero-order valence-corrected chi connectivity index (χ0v) is 15.3. The number of nitrogens with one attached hydrogen (secondary N) is 1. The van der Waals surface area contributed by atoms with Crippen LogP contribution >= 0.6 is 11.3 Å². The van der Waals surface area contributed by atoms with Crippen LogP contribution in [0.5, 0.6) is 0 Å². The third-order valence-electron chi connectivity index (χ3n) is 5.60. The average Bonchev–Trinajstić information content (AvgIpc) is 3.04. The van der Waals surface area contributed by atoms with E-state index in [-0.39, 0.29) is 24.3 Å². The van der Waals surface area contributed by atoms with E-state index >= 15 is 0 Å². The molecule has 2 N–H and O–H groups in total. The highest BCUT2D eigenvalue weighted by atomic mass is 32.1. The van der Waals surface area contributed by atoms with Gasteiger partial charge in [0.15, 0.2) is 0 Å². The topological polar surface area (TPSA) is 92.7 Å². The fourth-order valence-electron chi connectivity index (χ4n) is 4.28. The number of hydrogen-bond donors (Lipinski definition) is 2. The number of ether oxygens (including phenoxy) is 1. The van der Waals surface area contributed by atoms with Crippen LogP contribution in [0.25, 0.3) is 0 Å². The van der Waals surface area contributed by atoms with Crippen LogP contribution in [0.2, 0.25) is 0 Å². The van der Waals surface area contributed by atoms with Gasteiger partial charge in [0.2, 0.25) is 5.91 Å². The van der Waals surface area contributed by atoms with E-state index < -0.39 is 23.8 Å². The summed E-state index contributed by atoms with van der Waals surface area (Å²) in [6.45, 7) is 2.02. The predicted molar refractivity (Wildman–Crippen MR) is 96.2 cm³/mol. The molecule has 2 bridgehead atoms. The van der Waals surface area contributed by atoms with Crippen LogP contribution in [0.3, 0.4) is 0 Å². The van der Waals surface area contributed by atoms with Crippen LogP contribution in [0.1, 0.15) is 48.0 Å². The molecule has 0 aromatic carbocycles. The van der Waals surface area contributed by atoms with Crippen molar-refractivity contribution in [3.05, 3.63) is 28.7 Å². The third-order valence-corrected chi connectivity index (χ3v) is 6.51. The lowest BCUT2D eigenvalue weighted by Crippen LogP contribution is -2.36. The molecular weight excluding hydrogens is 354 g/mol. The van der Waals surface area contributed by atoms with Gasteiger partial charge in [-0.2, -0.15) is 0 Å². The van der Waals surface area contributed by atoms with Gasteiger partial charge in [-0.1, -0.05) is 12.2 Å². The van der Waals surface area contributed by atoms with E-state index in [2.05, 4.69) is 5.32 Å². The van der Waals surface area contributed by atoms with E-state index in [4.69, 9.17) is 4.74 Å². The predicted octanol–water partition coefficient (Wildman–Crippen LogP) is 3.26. The molecule has 1 aromatic heterocycles. The molecule has 2 saturated carbocycles. The molecule has 4 unspecified atom stereocenters. The van der Waals surface area contributed by atoms with Crippen LogP contribution in [0.4, 0.5) is 5.00 Å². The van der Waals surface area contributed by atoms with Gasteiger partial charge >= 0.3 is 11.9 Å². The van der Waals surface area contributed by atoms with Gasteiger partial charge < -0.3 is 15.2 Å². The summed E-state index contributed by atoms with van der Waals surface area (Å²) in [5.74, 6) is -2.73. The molecule has 26 heavy (non-hydrogen) atoms. The van der Waals surface area contributed by atoms with Gasteiger partial charge in [-0.05, 0) is 54.9 Å². The summed E-state index contributed by atoms with van der Waals surface area (Å²) in [5, 5.41) is 14.8. The van der Waals surface area contributed by atoms with Crippen molar-refractivity contribution in [2.24, 2.45) is 23.7 Å². The Morgan fingerprint density at radius 1 is 1.23 bits per heavy atom. The van der Waals surface area contributed by atoms with E-state index in [9.17, 15) is 19.5 Å². The molecule has 0 radical (unpaired) electrons. The molecule has 3 aliphatic rings. The first-order valence-electron chi connectivity index (χ1n) is 9.01. The highest BCUT2D eigenvalue weighted by molar-refractivity contribution is 7.15. The van der Waals surface area contributed by atoms with Crippen LogP contribution in [-0.2, 0) is 14.3 Å². The van der Waals surface area contributed by atoms with Crippen molar-refractivity contribution < 1.29 is 24.2 Å². The number of aliphatic carboxylic acids is 1. The maximum Gasteiger partial charge on any atom is 0.341 e. The van der Waals surface area contributed by atoms with Crippen LogP contribution < -0.4 is 5.32 Å². The first kappa shape index (κ1) is 17.3. The molecule has 1 aromatic rings. The summed E-state index contributed by atoms with van der Waals surface area (Å²) in [6.07, 6.45) is 6.64. The van der Waals surface area contributed by atoms with Crippen molar-refractivity contribution >= 4 is 34.2 Å². The summed E-state index contributed by atoms with van der Waals surface area (Å²) in [6, 6.07) is 0. The maximum absolute atomic E-state index is 12.9. The number of carbonyl (C=O) groups is 3. The smallest absolute Gasteiger partial charge is 0.341 e. The minimum absolute atomic E-state index is 0.0463. The monoisotopic (exact) mass is 375 g/mol. The molecular formula is C19H21NO5S. The third kappa shape index (κ3) is 2.84. The van der Waals surface area contributed by atoms with Crippen molar-refractivity contribution in [3.8, 4) is 0 Å². The van der Waals surface area contributed by atoms with E-state index in [1.54, 1.807) is 6.92 Å². The molecule has 1 amide bonds. The summed E-state index contributed by atoms with van der Waals surface area (Å²) in [5.41, 5.74) is 1.38. The van der Waals surface area contributed by atoms with Crippen molar-refractivity contribution in [1.82, 2.24) is 0 Å². The number of amides is 1. The van der Waals surface area contributed by atoms with Gasteiger partial charge in [0.05, 0.1) is 24.0 Å². The lowest BCUT2D eigenvalue weighted by molar-refractivity contribution is -0.146. The highest BCUT2D eigenvalue weighted by Crippen LogP contribution is 2.49. The highest BCUT2D eigenvalue weighted by Gasteiger charge is 2.51. The fraction of sp³-hybridized carbons (Fsp3) is 0.526. The van der Waals surface area contributed by atoms with Gasteiger partial charge in [0.1, 0.15) is 5.00 Å². The number of carbonyl (C=O) groups excluding carboxylic acids is 2. The van der Waals surface area contributed by atoms with Gasteiger partial charge in [-0.15, -0.1) is 11.3 Å². The Bertz CT molecular complexity index is 794. The molecule has 3 aliphatic carbocycles. The van der Waals surface area contributed by atoms with Crippen molar-refractivity contribution in [2.45, 2.75) is 32.1 Å². The zero-order valence-electron chi connectivity index (χ0n) is 14.4. The molecule has 0 saturated heterocycles. The van der Waals surface area contributed by atoms with Gasteiger partial charge in [0, 0.05) is 0 Å². The summed E-state index contributed by atoms with van der Waals surface area (Å²) in [7, 11) is 0. The number of hydrogen-bond acceptors (Lipinski definition) is 5. The number of carboxylic acids is 1. The summed E-state index contributed by atoms with van der Waals surface area (Å²) >= 11 is 1.32. The lowest BCUT2D eigenvalue weighted by atomic mass is 9.82. The number of esters is 1. The number of fused-ring (bicyclic) bond motifs is 2. The Hall–Kier alpha value is -2.15. The molecule has 6 nitrogen and oxygen atoms in total. The Kier molecular flexibility index (Phi) is 4.34. The molecule has 7 heteroatoms. The van der Waals surface area contributed by atoms with E-state index in [1.165, 1.54) is 11.3 Å². The second-order valence-electron chi connectivity index (χ2n) is 7.22. The van der Waals surface area contributed by atoms with Gasteiger partial charge in [-0.3, -0.25) is 9.59 Å². The number of carboxylic acid groups (broad SMARTS) is 1. The van der Waals surface area contributed by atoms with E-state index in [0.717, 1.165) is 18.4 Å². The standard InChI is InChI=1S/C19H21NO5S/c1-2-25-19(24)15-12(9-3-4-9)8-26-17(15)20-16(21)13-10-5-6-11(7-10)14(13)18(22)23/h5-6,8-11,13-14H,2-4,7H2,1H3,(H,20,21)(H,22,23). The Morgan fingerprint density at radius 3 is 2.54 bits per heavy atom. The molecule has 0 spiro atoms. The SMILES string of the molecule is CCOC(=O)c1c(C2CC2)csc1NC(=O)C1C2C=CC(C2)C1C(=O)O. The number of thiophene rings is 1. The fourth-order valence-corrected chi connectivity index (χ4v) is 5.32. The van der Waals surface area contributed by atoms with Crippen molar-refractivity contribution in [1.29, 1.82) is 0 Å². The zero-order chi connectivity index (χ0) is 18.4. The number of rotatable bonds is 6. The Balaban J connectivity index is 1.59. The first-order valence-corrected chi connectivity index (χ1v) is 9.89. The summed E-state index contributed by atoms with van der Waals surface area (Å²) in [4.78, 5) is 36.9. The molecule has 4 rings (SSSR count). The average molecular weight is 375 g/mol. The van der Waals surface area contributed by atoms with Crippen molar-refractivity contribution in [3.63, 3.8) is 0 Å². The number of allylic oxidation sites excluding steroid dienone is 2. The van der Waals surface area contributed by atoms with E-state index in [0.29, 0.717) is 22.9 Å². The van der Waals surface area contributed by atoms with Crippen LogP contribution in [0.15, 0.2) is 17.5 Å². The lowest BCUT2D eigenvalue weighted by Gasteiger charge is -2.23. The van der Waals surface area contributed by atoms with Crippen LogP contribution in [0, 0.1) is 23.7 Å². The van der Waals surface area contributed by atoms with Crippen LogP contribution in [-0.4, -0.2) is 29.6 Å². The van der Waals surface area contributed by atoms with Crippen molar-refractivity contribution in [2.75, 3.05) is 11.9 Å². The Labute approximate surface area is 155 Å². The first-order chi connectivity index (χ1) is 12.5. The molecule has 138 valence electrons. The van der Waals surface area contributed by atoms with Gasteiger partial charge in [-0.25, -0.2) is 4.79 Å². The largest absolute Gasteiger partial charge is 0.481 e. The second-order valence-corrected chi connectivity index (χ2v) is 8.10. The quantitative estimate of drug-likeness (QED) is 0.588. The molecule has 4 atom stereocenters. The molecule has 0 aliphatic heterocycles. The summed E-state index contributed by atoms with van der Waals surface area (Å²) < 4.78 is 5.17. The number of anilines is 1. The molecule has 1 heterocycles. The maximum atomic E-state index is 12.9. The minimum atomic E-state index is -0.933. The van der Waals surface area contributed by atoms with Gasteiger partial charge in [0.25, 0.3) is 0 Å². The minimum Gasteiger partial charge on any atom is -0.481 e.